The summed E-state index contributed by atoms with van der Waals surface area (Å²) in [4.78, 5) is 8.74. The molecular weight excluding hydrogens is 877 g/mol. The predicted octanol–water partition coefficient (Wildman–Crippen LogP) is 17.8. The molecule has 0 atom stereocenters. The Morgan fingerprint density at radius 1 is 0.486 bits per heavy atom. The first-order valence-electron chi connectivity index (χ1n) is 31.2. The Kier molecular flexibility index (Phi) is 7.68. The minimum atomic E-state index is -0.981. The van der Waals surface area contributed by atoms with Crippen LogP contribution >= 0.6 is 0 Å². The highest BCUT2D eigenvalue weighted by atomic mass is 16.5. The summed E-state index contributed by atoms with van der Waals surface area (Å²) in [7, 11) is 0. The van der Waals surface area contributed by atoms with Crippen LogP contribution in [0.4, 0.5) is 22.7 Å². The Morgan fingerprint density at radius 3 is 1.93 bits per heavy atom. The molecule has 9 aromatic carbocycles. The number of para-hydroxylation sites is 3. The molecule has 0 N–H and O–H groups in total. The first-order chi connectivity index (χ1) is 41.3. The van der Waals surface area contributed by atoms with Crippen molar-refractivity contribution in [2.75, 3.05) is 16.5 Å². The lowest BCUT2D eigenvalue weighted by Crippen LogP contribution is -2.25. The van der Waals surface area contributed by atoms with Crippen LogP contribution in [-0.4, -0.2) is 16.2 Å². The van der Waals surface area contributed by atoms with Gasteiger partial charge in [0.15, 0.2) is 0 Å². The summed E-state index contributed by atoms with van der Waals surface area (Å²) in [5.74, 6) is 0.169. The van der Waals surface area contributed by atoms with Gasteiger partial charge in [-0.05, 0) is 105 Å². The topological polar surface area (TPSA) is 33.5 Å². The maximum Gasteiger partial charge on any atom is 0.137 e. The molecule has 1 aliphatic rings. The lowest BCUT2D eigenvalue weighted by atomic mass is 9.78. The maximum atomic E-state index is 9.90. The number of fused-ring (bicyclic) bond motifs is 4. The Labute approximate surface area is 444 Å². The summed E-state index contributed by atoms with van der Waals surface area (Å²) in [6, 6.07) is 38.9. The third kappa shape index (κ3) is 8.07. The Bertz CT molecular complexity index is 4640. The number of aromatic nitrogens is 2. The van der Waals surface area contributed by atoms with Crippen molar-refractivity contribution in [1.82, 2.24) is 9.55 Å². The van der Waals surface area contributed by atoms with E-state index in [0.717, 1.165) is 33.6 Å². The fraction of sp³-hybridized carbons (Fsp3) is 0.119. The number of ether oxygens (including phenoxy) is 1. The van der Waals surface area contributed by atoms with Crippen molar-refractivity contribution >= 4 is 44.6 Å². The van der Waals surface area contributed by atoms with Crippen molar-refractivity contribution < 1.29 is 25.3 Å². The van der Waals surface area contributed by atoms with E-state index in [-0.39, 0.29) is 98.8 Å². The molecule has 5 heteroatoms. The normalized spacial score (nSPS) is 15.6. The molecule has 0 saturated heterocycles. The minimum absolute atomic E-state index is 0.0499. The van der Waals surface area contributed by atoms with E-state index in [1.165, 1.54) is 0 Å². The predicted molar refractivity (Wildman–Crippen MR) is 301 cm³/mol. The lowest BCUT2D eigenvalue weighted by Gasteiger charge is -2.28. The molecule has 0 radical (unpaired) electrons. The molecule has 3 heterocycles. The van der Waals surface area contributed by atoms with E-state index in [1.807, 2.05) is 98.8 Å². The molecule has 2 aromatic heterocycles. The van der Waals surface area contributed by atoms with Gasteiger partial charge >= 0.3 is 0 Å². The molecule has 0 spiro atoms. The van der Waals surface area contributed by atoms with Gasteiger partial charge in [-0.2, -0.15) is 0 Å². The van der Waals surface area contributed by atoms with E-state index in [4.69, 9.17) is 17.1 Å². The number of benzene rings is 9. The van der Waals surface area contributed by atoms with Crippen LogP contribution in [0.5, 0.6) is 11.5 Å². The van der Waals surface area contributed by atoms with Crippen LogP contribution in [0.3, 0.4) is 0 Å². The first kappa shape index (κ1) is 30.8. The SMILES string of the molecule is [2H]c1nc(-n2c3ccc(-c4c([2H])c([2H])c([2H])c([2H])c4[2H])cc3c3c([2H])c([2H])c(Oc4cccc(N5CN(c6c(-c7cccc(C(C)(C)C)c7)cccc6-c6c([2H])c([2H])c([2H])c([2H])c6[2H])c6ccccc65)c4)cc32)c([2H])c(C(C)(C)c2ccccc2)c1[2H]. The van der Waals surface area contributed by atoms with Gasteiger partial charge in [-0.25, -0.2) is 4.98 Å². The summed E-state index contributed by atoms with van der Waals surface area (Å²) in [5.41, 5.74) is 6.59. The van der Waals surface area contributed by atoms with Gasteiger partial charge < -0.3 is 14.5 Å². The number of hydrogen-bond donors (Lipinski definition) is 0. The monoisotopic (exact) mass is 948 g/mol. The minimum Gasteiger partial charge on any atom is -0.457 e. The van der Waals surface area contributed by atoms with Crippen LogP contribution in [-0.2, 0) is 10.8 Å². The van der Waals surface area contributed by atoms with Crippen molar-refractivity contribution in [1.29, 1.82) is 0 Å². The molecule has 11 aromatic rings. The molecule has 0 bridgehead atoms. The number of pyridine rings is 1. The van der Waals surface area contributed by atoms with E-state index < -0.39 is 59.9 Å². The molecule has 350 valence electrons. The summed E-state index contributed by atoms with van der Waals surface area (Å²) in [6.45, 7) is 10.3. The van der Waals surface area contributed by atoms with Gasteiger partial charge in [0.1, 0.15) is 24.0 Å². The van der Waals surface area contributed by atoms with Gasteiger partial charge in [0.2, 0.25) is 0 Å². The highest BCUT2D eigenvalue weighted by Crippen LogP contribution is 2.51. The van der Waals surface area contributed by atoms with E-state index >= 15 is 0 Å². The fourth-order valence-electron chi connectivity index (χ4n) is 9.70. The quantitative estimate of drug-likeness (QED) is 0.137. The van der Waals surface area contributed by atoms with Gasteiger partial charge in [0.05, 0.1) is 48.7 Å². The molecule has 0 fully saturated rings. The molecule has 0 saturated carbocycles. The largest absolute Gasteiger partial charge is 0.457 e. The van der Waals surface area contributed by atoms with Crippen LogP contribution in [0.2, 0.25) is 0 Å². The van der Waals surface area contributed by atoms with Crippen LogP contribution < -0.4 is 14.5 Å². The molecular formula is C67H56N4O. The lowest BCUT2D eigenvalue weighted by molar-refractivity contribution is 0.483. The summed E-state index contributed by atoms with van der Waals surface area (Å²) in [6.07, 6.45) is -0.409. The van der Waals surface area contributed by atoms with Gasteiger partial charge in [-0.15, -0.1) is 0 Å². The van der Waals surface area contributed by atoms with Crippen molar-refractivity contribution in [3.63, 3.8) is 0 Å². The van der Waals surface area contributed by atoms with Gasteiger partial charge in [0.25, 0.3) is 0 Å². The molecule has 72 heavy (non-hydrogen) atoms. The van der Waals surface area contributed by atoms with Crippen molar-refractivity contribution in [3.05, 3.63) is 253 Å². The molecule has 1 aliphatic heterocycles. The zero-order chi connectivity index (χ0) is 62.0. The van der Waals surface area contributed by atoms with Crippen LogP contribution in [0, 0.1) is 0 Å². The van der Waals surface area contributed by atoms with Crippen LogP contribution in [0.1, 0.15) is 71.9 Å². The number of hydrogen-bond acceptors (Lipinski definition) is 4. The smallest absolute Gasteiger partial charge is 0.137 e. The van der Waals surface area contributed by atoms with E-state index in [2.05, 4.69) is 47.7 Å². The maximum absolute atomic E-state index is 9.90. The molecule has 0 aliphatic carbocycles. The number of anilines is 4. The second-order valence-corrected chi connectivity index (χ2v) is 19.4. The summed E-state index contributed by atoms with van der Waals surface area (Å²) >= 11 is 0. The van der Waals surface area contributed by atoms with E-state index in [0.29, 0.717) is 27.8 Å². The third-order valence-electron chi connectivity index (χ3n) is 13.5. The average molecular weight is 948 g/mol. The third-order valence-corrected chi connectivity index (χ3v) is 13.5. The summed E-state index contributed by atoms with van der Waals surface area (Å²) < 4.78 is 143. The summed E-state index contributed by atoms with van der Waals surface area (Å²) in [5, 5.41) is 0.516. The van der Waals surface area contributed by atoms with Crippen LogP contribution in [0.15, 0.2) is 236 Å². The second kappa shape index (κ2) is 17.9. The van der Waals surface area contributed by atoms with Crippen molar-refractivity contribution in [2.24, 2.45) is 0 Å². The molecule has 0 amide bonds. The average Bonchev–Trinajstić information content (AvgIpc) is 1.66. The standard InChI is InChI=1S/C67H56N4O/c1-66(2,3)51-27-17-24-49(40-51)57-31-19-30-56(47-22-11-7-12-23-47)65(57)70-45-69(61-32-15-16-33-62(61)70)53-28-18-29-54(43-53)72-55-35-36-58-59-41-48(46-20-9-6-10-21-46)34-37-60(59)71(63(58)44-55)64-42-52(38-39-68-64)67(4,5)50-25-13-8-14-26-50/h6-44H,45H2,1-5H3/i6D,7D,9D,10D,11D,12D,20D,21D,22D,23D,35D,36D,38D,39D,42D. The second-order valence-electron chi connectivity index (χ2n) is 19.4. The Hall–Kier alpha value is -8.67. The number of rotatable bonds is 10. The van der Waals surface area contributed by atoms with Gasteiger partial charge in [0, 0.05) is 51.3 Å². The molecule has 0 unspecified atom stereocenters. The first-order valence-corrected chi connectivity index (χ1v) is 23.7. The molecule has 5 nitrogen and oxygen atoms in total. The fourth-order valence-corrected chi connectivity index (χ4v) is 9.70. The zero-order valence-corrected chi connectivity index (χ0v) is 40.3. The Morgan fingerprint density at radius 2 is 1.17 bits per heavy atom. The van der Waals surface area contributed by atoms with Gasteiger partial charge in [-0.1, -0.05) is 192 Å². The van der Waals surface area contributed by atoms with Crippen molar-refractivity contribution in [3.8, 4) is 50.7 Å². The number of nitrogens with zero attached hydrogens (tertiary/aromatic N) is 4. The van der Waals surface area contributed by atoms with Gasteiger partial charge in [-0.3, -0.25) is 4.57 Å². The Balaban J connectivity index is 1.02. The van der Waals surface area contributed by atoms with E-state index in [9.17, 15) is 8.22 Å². The van der Waals surface area contributed by atoms with E-state index in [1.54, 1.807) is 53.1 Å². The highest BCUT2D eigenvalue weighted by molar-refractivity contribution is 6.11. The molecule has 12 rings (SSSR count). The van der Waals surface area contributed by atoms with Crippen molar-refractivity contribution in [2.45, 2.75) is 45.4 Å². The zero-order valence-electron chi connectivity index (χ0n) is 55.3. The van der Waals surface area contributed by atoms with Crippen LogP contribution in [0.25, 0.3) is 61.0 Å². The highest BCUT2D eigenvalue weighted by Gasteiger charge is 2.32.